The van der Waals surface area contributed by atoms with Crippen LogP contribution >= 0.6 is 0 Å². The van der Waals surface area contributed by atoms with Gasteiger partial charge < -0.3 is 14.4 Å². The Balaban J connectivity index is 1.57. The normalized spacial score (nSPS) is 24.1. The molecule has 1 N–H and O–H groups in total. The molecule has 3 rings (SSSR count). The molecule has 8 nitrogen and oxygen atoms in total. The third kappa shape index (κ3) is 6.91. The van der Waals surface area contributed by atoms with Gasteiger partial charge in [-0.15, -0.1) is 0 Å². The number of sulfonamides is 1. The Bertz CT molecular complexity index is 872. The number of hydrogen-bond donors (Lipinski definition) is 1. The van der Waals surface area contributed by atoms with Crippen LogP contribution < -0.4 is 9.46 Å². The number of carbonyl (C=O) groups is 1. The van der Waals surface area contributed by atoms with E-state index in [2.05, 4.69) is 23.5 Å². The average Bonchev–Trinajstić information content (AvgIpc) is 2.77. The molecule has 186 valence electrons. The molecule has 0 bridgehead atoms. The van der Waals surface area contributed by atoms with E-state index in [4.69, 9.17) is 9.47 Å². The Labute approximate surface area is 198 Å². The summed E-state index contributed by atoms with van der Waals surface area (Å²) in [7, 11) is -2.30. The third-order valence-corrected chi connectivity index (χ3v) is 7.98. The minimum absolute atomic E-state index is 0.120. The number of ether oxygens (including phenoxy) is 2. The van der Waals surface area contributed by atoms with Gasteiger partial charge in [0.05, 0.1) is 24.2 Å². The summed E-state index contributed by atoms with van der Waals surface area (Å²) in [6.45, 7) is 12.2. The Morgan fingerprint density at radius 1 is 1.12 bits per heavy atom. The number of carbonyl (C=O) groups excluding carboxylic acids is 1. The first-order valence-electron chi connectivity index (χ1n) is 11.9. The number of benzene rings is 1. The SMILES string of the molecule is COc1ccc(S(=O)(=O)N[C@H](C(=O)N2CCC(CN3CC(C)OC(C)C3)CC2)C(C)C)cc1. The number of piperidine rings is 1. The van der Waals surface area contributed by atoms with Gasteiger partial charge in [-0.05, 0) is 62.8 Å². The summed E-state index contributed by atoms with van der Waals surface area (Å²) in [6, 6.07) is 5.38. The summed E-state index contributed by atoms with van der Waals surface area (Å²) in [5.41, 5.74) is 0. The summed E-state index contributed by atoms with van der Waals surface area (Å²) >= 11 is 0. The molecule has 2 aliphatic heterocycles. The lowest BCUT2D eigenvalue weighted by Gasteiger charge is -2.40. The van der Waals surface area contributed by atoms with Crippen molar-refractivity contribution in [2.75, 3.05) is 39.8 Å². The molecule has 1 amide bonds. The van der Waals surface area contributed by atoms with Crippen molar-refractivity contribution in [1.82, 2.24) is 14.5 Å². The van der Waals surface area contributed by atoms with E-state index in [0.717, 1.165) is 32.5 Å². The second-order valence-electron chi connectivity index (χ2n) is 9.76. The first-order chi connectivity index (χ1) is 15.6. The lowest BCUT2D eigenvalue weighted by atomic mass is 9.94. The number of hydrogen-bond acceptors (Lipinski definition) is 6. The van der Waals surface area contributed by atoms with E-state index in [1.807, 2.05) is 18.7 Å². The van der Waals surface area contributed by atoms with Gasteiger partial charge in [0.25, 0.3) is 0 Å². The molecule has 0 radical (unpaired) electrons. The van der Waals surface area contributed by atoms with Crippen molar-refractivity contribution < 1.29 is 22.7 Å². The smallest absolute Gasteiger partial charge is 0.241 e. The van der Waals surface area contributed by atoms with Gasteiger partial charge in [-0.3, -0.25) is 9.69 Å². The van der Waals surface area contributed by atoms with Crippen LogP contribution in [0.15, 0.2) is 29.2 Å². The molecule has 1 aromatic carbocycles. The van der Waals surface area contributed by atoms with Crippen LogP contribution in [0.25, 0.3) is 0 Å². The summed E-state index contributed by atoms with van der Waals surface area (Å²) in [5.74, 6) is 0.808. The van der Waals surface area contributed by atoms with Crippen molar-refractivity contribution in [2.45, 2.75) is 63.7 Å². The topological polar surface area (TPSA) is 88.2 Å². The Morgan fingerprint density at radius 3 is 2.21 bits per heavy atom. The maximum absolute atomic E-state index is 13.3. The number of nitrogens with one attached hydrogen (secondary N) is 1. The molecule has 33 heavy (non-hydrogen) atoms. The van der Waals surface area contributed by atoms with E-state index in [1.54, 1.807) is 12.1 Å². The van der Waals surface area contributed by atoms with E-state index in [0.29, 0.717) is 24.8 Å². The highest BCUT2D eigenvalue weighted by Gasteiger charge is 2.34. The molecule has 2 aliphatic rings. The Kier molecular flexibility index (Phi) is 8.77. The van der Waals surface area contributed by atoms with Crippen molar-refractivity contribution >= 4 is 15.9 Å². The second-order valence-corrected chi connectivity index (χ2v) is 11.5. The number of nitrogens with zero attached hydrogens (tertiary/aromatic N) is 2. The molecule has 2 saturated heterocycles. The predicted octanol–water partition coefficient (Wildman–Crippen LogP) is 2.35. The van der Waals surface area contributed by atoms with E-state index in [9.17, 15) is 13.2 Å². The first kappa shape index (κ1) is 25.9. The standard InChI is InChI=1S/C24H39N3O5S/c1-17(2)23(25-33(29,30)22-8-6-21(31-5)7-9-22)24(28)27-12-10-20(11-13-27)16-26-14-18(3)32-19(4)15-26/h6-9,17-20,23,25H,10-16H2,1-5H3/t18?,19?,23-/m0/s1. The Hall–Kier alpha value is -1.68. The highest BCUT2D eigenvalue weighted by molar-refractivity contribution is 7.89. The zero-order valence-corrected chi connectivity index (χ0v) is 21.3. The van der Waals surface area contributed by atoms with Gasteiger partial charge in [0, 0.05) is 32.7 Å². The monoisotopic (exact) mass is 481 g/mol. The summed E-state index contributed by atoms with van der Waals surface area (Å²) < 4.78 is 39.4. The largest absolute Gasteiger partial charge is 0.497 e. The Morgan fingerprint density at radius 2 is 1.70 bits per heavy atom. The van der Waals surface area contributed by atoms with Gasteiger partial charge >= 0.3 is 0 Å². The molecule has 2 fully saturated rings. The van der Waals surface area contributed by atoms with Gasteiger partial charge in [0.15, 0.2) is 0 Å². The van der Waals surface area contributed by atoms with Crippen LogP contribution in [0.3, 0.4) is 0 Å². The molecule has 1 aromatic rings. The van der Waals surface area contributed by atoms with Crippen LogP contribution in [0.1, 0.15) is 40.5 Å². The number of morpholine rings is 1. The van der Waals surface area contributed by atoms with Crippen LogP contribution in [0.4, 0.5) is 0 Å². The van der Waals surface area contributed by atoms with Gasteiger partial charge in [0.2, 0.25) is 15.9 Å². The van der Waals surface area contributed by atoms with Gasteiger partial charge in [0.1, 0.15) is 11.8 Å². The third-order valence-electron chi connectivity index (χ3n) is 6.52. The van der Waals surface area contributed by atoms with Gasteiger partial charge in [-0.2, -0.15) is 4.72 Å². The lowest BCUT2D eigenvalue weighted by Crippen LogP contribution is -2.53. The number of methoxy groups -OCH3 is 1. The summed E-state index contributed by atoms with van der Waals surface area (Å²) in [5, 5.41) is 0. The maximum atomic E-state index is 13.3. The molecule has 0 aromatic heterocycles. The van der Waals surface area contributed by atoms with E-state index < -0.39 is 16.1 Å². The molecule has 2 unspecified atom stereocenters. The van der Waals surface area contributed by atoms with Crippen molar-refractivity contribution in [3.8, 4) is 5.75 Å². The van der Waals surface area contributed by atoms with Crippen LogP contribution in [-0.2, 0) is 19.6 Å². The van der Waals surface area contributed by atoms with Gasteiger partial charge in [-0.25, -0.2) is 8.42 Å². The molecule has 0 saturated carbocycles. The van der Waals surface area contributed by atoms with E-state index in [-0.39, 0.29) is 28.9 Å². The molecule has 0 aliphatic carbocycles. The molecular weight excluding hydrogens is 442 g/mol. The second kappa shape index (κ2) is 11.2. The highest BCUT2D eigenvalue weighted by Crippen LogP contribution is 2.23. The number of rotatable bonds is 8. The van der Waals surface area contributed by atoms with Crippen molar-refractivity contribution in [2.24, 2.45) is 11.8 Å². The van der Waals surface area contributed by atoms with Crippen molar-refractivity contribution in [1.29, 1.82) is 0 Å². The molecule has 3 atom stereocenters. The van der Waals surface area contributed by atoms with Crippen LogP contribution in [-0.4, -0.2) is 82.2 Å². The average molecular weight is 482 g/mol. The van der Waals surface area contributed by atoms with E-state index in [1.165, 1.54) is 19.2 Å². The minimum Gasteiger partial charge on any atom is -0.497 e. The minimum atomic E-state index is -3.83. The molecule has 0 spiro atoms. The van der Waals surface area contributed by atoms with Crippen LogP contribution in [0.5, 0.6) is 5.75 Å². The van der Waals surface area contributed by atoms with E-state index >= 15 is 0 Å². The number of likely N-dealkylation sites (tertiary alicyclic amines) is 1. The van der Waals surface area contributed by atoms with Crippen LogP contribution in [0.2, 0.25) is 0 Å². The number of amides is 1. The molecule has 2 heterocycles. The lowest BCUT2D eigenvalue weighted by molar-refractivity contribution is -0.135. The maximum Gasteiger partial charge on any atom is 0.241 e. The van der Waals surface area contributed by atoms with Gasteiger partial charge in [-0.1, -0.05) is 13.8 Å². The zero-order valence-electron chi connectivity index (χ0n) is 20.5. The molecule has 9 heteroatoms. The zero-order chi connectivity index (χ0) is 24.2. The summed E-state index contributed by atoms with van der Waals surface area (Å²) in [4.78, 5) is 17.7. The van der Waals surface area contributed by atoms with Crippen molar-refractivity contribution in [3.05, 3.63) is 24.3 Å². The molecular formula is C24H39N3O5S. The fraction of sp³-hybridized carbons (Fsp3) is 0.708. The fourth-order valence-corrected chi connectivity index (χ4v) is 6.13. The quantitative estimate of drug-likeness (QED) is 0.613. The fourth-order valence-electron chi connectivity index (χ4n) is 4.79. The highest BCUT2D eigenvalue weighted by atomic mass is 32.2. The van der Waals surface area contributed by atoms with Crippen molar-refractivity contribution in [3.63, 3.8) is 0 Å². The predicted molar refractivity (Wildman–Crippen MR) is 128 cm³/mol. The summed E-state index contributed by atoms with van der Waals surface area (Å²) in [6.07, 6.45) is 2.37. The first-order valence-corrected chi connectivity index (χ1v) is 13.4. The van der Waals surface area contributed by atoms with Crippen LogP contribution in [0, 0.1) is 11.8 Å².